The maximum absolute atomic E-state index is 12.5. The first kappa shape index (κ1) is 18.5. The summed E-state index contributed by atoms with van der Waals surface area (Å²) in [6.45, 7) is 8.67. The minimum atomic E-state index is 0.0163. The van der Waals surface area contributed by atoms with Gasteiger partial charge in [0.05, 0.1) is 0 Å². The molecule has 2 amide bonds. The van der Waals surface area contributed by atoms with E-state index >= 15 is 0 Å². The van der Waals surface area contributed by atoms with Crippen molar-refractivity contribution < 1.29 is 4.79 Å². The molecule has 1 N–H and O–H groups in total. The zero-order valence-electron chi connectivity index (χ0n) is 15.9. The van der Waals surface area contributed by atoms with Gasteiger partial charge in [-0.05, 0) is 56.0 Å². The highest BCUT2D eigenvalue weighted by molar-refractivity contribution is 5.90. The lowest BCUT2D eigenvalue weighted by Crippen LogP contribution is -2.50. The summed E-state index contributed by atoms with van der Waals surface area (Å²) in [7, 11) is 0. The van der Waals surface area contributed by atoms with Crippen molar-refractivity contribution in [1.82, 2.24) is 9.80 Å². The van der Waals surface area contributed by atoms with Crippen LogP contribution in [0, 0.1) is 13.8 Å². The molecule has 0 bridgehead atoms. The van der Waals surface area contributed by atoms with Gasteiger partial charge >= 0.3 is 6.03 Å². The topological polar surface area (TPSA) is 35.6 Å². The van der Waals surface area contributed by atoms with Crippen LogP contribution < -0.4 is 5.32 Å². The van der Waals surface area contributed by atoms with Crippen molar-refractivity contribution in [2.75, 3.05) is 38.0 Å². The fourth-order valence-corrected chi connectivity index (χ4v) is 3.39. The summed E-state index contributed by atoms with van der Waals surface area (Å²) in [5, 5.41) is 3.07. The Morgan fingerprint density at radius 2 is 1.73 bits per heavy atom. The average Bonchev–Trinajstić information content (AvgIpc) is 2.66. The van der Waals surface area contributed by atoms with Gasteiger partial charge in [-0.15, -0.1) is 0 Å². The first-order valence-corrected chi connectivity index (χ1v) is 9.51. The van der Waals surface area contributed by atoms with Crippen molar-refractivity contribution in [3.05, 3.63) is 65.2 Å². The number of benzene rings is 2. The second-order valence-electron chi connectivity index (χ2n) is 7.17. The molecular weight excluding hydrogens is 322 g/mol. The average molecular weight is 351 g/mol. The Labute approximate surface area is 156 Å². The summed E-state index contributed by atoms with van der Waals surface area (Å²) >= 11 is 0. The van der Waals surface area contributed by atoms with Crippen molar-refractivity contribution in [3.8, 4) is 0 Å². The molecule has 2 aromatic rings. The summed E-state index contributed by atoms with van der Waals surface area (Å²) in [5.74, 6) is 0. The normalized spacial score (nSPS) is 15.1. The van der Waals surface area contributed by atoms with Crippen LogP contribution in [0.1, 0.15) is 23.1 Å². The first-order chi connectivity index (χ1) is 12.6. The molecule has 3 rings (SSSR count). The molecule has 1 aliphatic heterocycles. The second-order valence-corrected chi connectivity index (χ2v) is 7.17. The molecule has 2 aromatic carbocycles. The van der Waals surface area contributed by atoms with Crippen LogP contribution >= 0.6 is 0 Å². The molecule has 0 spiro atoms. The zero-order chi connectivity index (χ0) is 18.4. The van der Waals surface area contributed by atoms with Crippen LogP contribution in [0.4, 0.5) is 10.5 Å². The van der Waals surface area contributed by atoms with E-state index in [1.807, 2.05) is 24.8 Å². The second kappa shape index (κ2) is 8.86. The van der Waals surface area contributed by atoms with Gasteiger partial charge in [0, 0.05) is 31.9 Å². The van der Waals surface area contributed by atoms with E-state index < -0.39 is 0 Å². The summed E-state index contributed by atoms with van der Waals surface area (Å²) in [6.07, 6.45) is 2.28. The van der Waals surface area contributed by atoms with E-state index in [9.17, 15) is 4.79 Å². The van der Waals surface area contributed by atoms with Crippen LogP contribution in [0.2, 0.25) is 0 Å². The maximum atomic E-state index is 12.5. The van der Waals surface area contributed by atoms with Gasteiger partial charge in [-0.1, -0.05) is 42.5 Å². The van der Waals surface area contributed by atoms with E-state index in [-0.39, 0.29) is 6.03 Å². The highest BCUT2D eigenvalue weighted by Crippen LogP contribution is 2.17. The lowest BCUT2D eigenvalue weighted by Gasteiger charge is -2.34. The van der Waals surface area contributed by atoms with Crippen LogP contribution in [-0.4, -0.2) is 48.6 Å². The number of piperazine rings is 1. The zero-order valence-corrected chi connectivity index (χ0v) is 15.9. The Bertz CT molecular complexity index is 721. The van der Waals surface area contributed by atoms with Gasteiger partial charge in [-0.3, -0.25) is 4.90 Å². The summed E-state index contributed by atoms with van der Waals surface area (Å²) in [5.41, 5.74) is 4.58. The molecule has 0 aromatic heterocycles. The van der Waals surface area contributed by atoms with Gasteiger partial charge in [0.25, 0.3) is 0 Å². The first-order valence-electron chi connectivity index (χ1n) is 9.51. The van der Waals surface area contributed by atoms with E-state index in [2.05, 4.69) is 52.7 Å². The van der Waals surface area contributed by atoms with Crippen molar-refractivity contribution in [1.29, 1.82) is 0 Å². The van der Waals surface area contributed by atoms with Crippen molar-refractivity contribution in [3.63, 3.8) is 0 Å². The Morgan fingerprint density at radius 1 is 1.00 bits per heavy atom. The molecule has 4 heteroatoms. The Hall–Kier alpha value is -2.33. The molecule has 26 heavy (non-hydrogen) atoms. The van der Waals surface area contributed by atoms with Crippen LogP contribution in [0.5, 0.6) is 0 Å². The molecule has 1 fully saturated rings. The molecular formula is C22H29N3O. The van der Waals surface area contributed by atoms with Gasteiger partial charge in [0.2, 0.25) is 0 Å². The lowest BCUT2D eigenvalue weighted by molar-refractivity contribution is 0.146. The number of nitrogens with one attached hydrogen (secondary N) is 1. The summed E-state index contributed by atoms with van der Waals surface area (Å²) in [6, 6.07) is 16.8. The van der Waals surface area contributed by atoms with Gasteiger partial charge in [0.15, 0.2) is 0 Å². The van der Waals surface area contributed by atoms with Crippen LogP contribution in [0.3, 0.4) is 0 Å². The Kier molecular flexibility index (Phi) is 6.29. The molecule has 4 nitrogen and oxygen atoms in total. The number of aryl methyl sites for hydroxylation is 3. The van der Waals surface area contributed by atoms with E-state index in [4.69, 9.17) is 0 Å². The van der Waals surface area contributed by atoms with Gasteiger partial charge < -0.3 is 10.2 Å². The number of amides is 2. The monoisotopic (exact) mass is 351 g/mol. The molecule has 0 atom stereocenters. The number of hydrogen-bond acceptors (Lipinski definition) is 2. The van der Waals surface area contributed by atoms with Crippen molar-refractivity contribution >= 4 is 11.7 Å². The van der Waals surface area contributed by atoms with Gasteiger partial charge in [0.1, 0.15) is 0 Å². The predicted octanol–water partition coefficient (Wildman–Crippen LogP) is 4.09. The summed E-state index contributed by atoms with van der Waals surface area (Å²) < 4.78 is 0. The van der Waals surface area contributed by atoms with Gasteiger partial charge in [-0.25, -0.2) is 4.79 Å². The summed E-state index contributed by atoms with van der Waals surface area (Å²) in [4.78, 5) is 16.9. The number of carbonyl (C=O) groups excluding carboxylic acids is 1. The van der Waals surface area contributed by atoms with E-state index in [1.54, 1.807) is 0 Å². The van der Waals surface area contributed by atoms with Crippen LogP contribution in [-0.2, 0) is 6.42 Å². The SMILES string of the molecule is Cc1ccc(C)c(NC(=O)N2CCN(CCCc3ccccc3)CC2)c1. The van der Waals surface area contributed by atoms with E-state index in [1.165, 1.54) is 12.0 Å². The molecule has 0 aliphatic carbocycles. The lowest BCUT2D eigenvalue weighted by atomic mass is 10.1. The van der Waals surface area contributed by atoms with Crippen LogP contribution in [0.25, 0.3) is 0 Å². The minimum absolute atomic E-state index is 0.0163. The van der Waals surface area contributed by atoms with E-state index in [0.29, 0.717) is 0 Å². The quantitative estimate of drug-likeness (QED) is 0.881. The number of nitrogens with zero attached hydrogens (tertiary/aromatic N) is 2. The standard InChI is InChI=1S/C22H29N3O/c1-18-10-11-19(2)21(17-18)23-22(26)25-15-13-24(14-16-25)12-6-9-20-7-4-3-5-8-20/h3-5,7-8,10-11,17H,6,9,12-16H2,1-2H3,(H,23,26). The minimum Gasteiger partial charge on any atom is -0.322 e. The molecule has 0 unspecified atom stereocenters. The van der Waals surface area contributed by atoms with Crippen LogP contribution in [0.15, 0.2) is 48.5 Å². The molecule has 0 saturated carbocycles. The fraction of sp³-hybridized carbons (Fsp3) is 0.409. The van der Waals surface area contributed by atoms with E-state index in [0.717, 1.165) is 56.0 Å². The Morgan fingerprint density at radius 3 is 2.46 bits per heavy atom. The number of anilines is 1. The maximum Gasteiger partial charge on any atom is 0.321 e. The molecule has 1 saturated heterocycles. The predicted molar refractivity (Wildman–Crippen MR) is 108 cm³/mol. The molecule has 138 valence electrons. The highest BCUT2D eigenvalue weighted by atomic mass is 16.2. The third-order valence-electron chi connectivity index (χ3n) is 5.08. The third kappa shape index (κ3) is 5.09. The van der Waals surface area contributed by atoms with Crippen molar-refractivity contribution in [2.24, 2.45) is 0 Å². The smallest absolute Gasteiger partial charge is 0.321 e. The molecule has 1 heterocycles. The number of carbonyl (C=O) groups is 1. The largest absolute Gasteiger partial charge is 0.322 e. The fourth-order valence-electron chi connectivity index (χ4n) is 3.39. The Balaban J connectivity index is 1.41. The van der Waals surface area contributed by atoms with Crippen molar-refractivity contribution in [2.45, 2.75) is 26.7 Å². The number of urea groups is 1. The van der Waals surface area contributed by atoms with Gasteiger partial charge in [-0.2, -0.15) is 0 Å². The molecule has 0 radical (unpaired) electrons. The third-order valence-corrected chi connectivity index (χ3v) is 5.08. The highest BCUT2D eigenvalue weighted by Gasteiger charge is 2.21. The number of rotatable bonds is 5. The number of hydrogen-bond donors (Lipinski definition) is 1. The molecule has 1 aliphatic rings.